The van der Waals surface area contributed by atoms with Gasteiger partial charge >= 0.3 is 0 Å². The number of rotatable bonds is 4. The maximum Gasteiger partial charge on any atom is 0.0732 e. The molecule has 1 saturated heterocycles. The predicted molar refractivity (Wildman–Crippen MR) is 67.1 cm³/mol. The topological polar surface area (TPSA) is 21.3 Å². The van der Waals surface area contributed by atoms with Crippen LogP contribution >= 0.6 is 23.2 Å². The fraction of sp³-hybridized carbons (Fsp3) is 0.500. The van der Waals surface area contributed by atoms with Crippen LogP contribution < -0.4 is 5.32 Å². The summed E-state index contributed by atoms with van der Waals surface area (Å²) in [6.45, 7) is 2.41. The zero-order valence-electron chi connectivity index (χ0n) is 9.01. The van der Waals surface area contributed by atoms with E-state index in [1.54, 1.807) is 6.07 Å². The molecule has 0 unspecified atom stereocenters. The van der Waals surface area contributed by atoms with E-state index < -0.39 is 0 Å². The lowest BCUT2D eigenvalue weighted by atomic mass is 10.2. The first-order chi connectivity index (χ1) is 7.75. The molecule has 0 saturated carbocycles. The average molecular weight is 260 g/mol. The van der Waals surface area contributed by atoms with Gasteiger partial charge in [-0.2, -0.15) is 0 Å². The van der Waals surface area contributed by atoms with Crippen LogP contribution in [0.1, 0.15) is 18.4 Å². The minimum absolute atomic E-state index is 0.506. The van der Waals surface area contributed by atoms with E-state index in [4.69, 9.17) is 27.9 Å². The van der Waals surface area contributed by atoms with E-state index in [2.05, 4.69) is 5.32 Å². The molecule has 1 aromatic rings. The van der Waals surface area contributed by atoms with Crippen LogP contribution in [0.15, 0.2) is 18.2 Å². The fourth-order valence-electron chi connectivity index (χ4n) is 1.85. The van der Waals surface area contributed by atoms with Crippen molar-refractivity contribution < 1.29 is 4.74 Å². The van der Waals surface area contributed by atoms with Crippen molar-refractivity contribution >= 4 is 23.2 Å². The molecule has 1 aliphatic rings. The van der Waals surface area contributed by atoms with Gasteiger partial charge in [0.05, 0.1) is 13.2 Å². The number of hydrogen-bond acceptors (Lipinski definition) is 2. The SMILES string of the molecule is Clc1ccc(COC[C@H]2CCCN2)c(Cl)c1. The molecule has 1 heterocycles. The molecular formula is C12H15Cl2NO. The summed E-state index contributed by atoms with van der Waals surface area (Å²) in [6, 6.07) is 5.99. The molecule has 16 heavy (non-hydrogen) atoms. The minimum Gasteiger partial charge on any atom is -0.375 e. The molecule has 2 rings (SSSR count). The maximum absolute atomic E-state index is 6.04. The molecule has 1 fully saturated rings. The smallest absolute Gasteiger partial charge is 0.0732 e. The van der Waals surface area contributed by atoms with Crippen molar-refractivity contribution in [3.63, 3.8) is 0 Å². The Morgan fingerprint density at radius 1 is 1.38 bits per heavy atom. The Balaban J connectivity index is 1.80. The highest BCUT2D eigenvalue weighted by Gasteiger charge is 2.13. The predicted octanol–water partition coefficient (Wildman–Crippen LogP) is 3.26. The Morgan fingerprint density at radius 3 is 2.94 bits per heavy atom. The molecule has 0 amide bonds. The summed E-state index contributed by atoms with van der Waals surface area (Å²) in [5.74, 6) is 0. The third-order valence-electron chi connectivity index (χ3n) is 2.75. The van der Waals surface area contributed by atoms with Gasteiger partial charge in [0, 0.05) is 16.1 Å². The molecule has 0 radical (unpaired) electrons. The Bertz CT molecular complexity index is 351. The number of halogens is 2. The molecule has 0 spiro atoms. The van der Waals surface area contributed by atoms with Gasteiger partial charge in [0.25, 0.3) is 0 Å². The molecular weight excluding hydrogens is 245 g/mol. The van der Waals surface area contributed by atoms with E-state index >= 15 is 0 Å². The van der Waals surface area contributed by atoms with Crippen molar-refractivity contribution in [3.05, 3.63) is 33.8 Å². The quantitative estimate of drug-likeness (QED) is 0.897. The van der Waals surface area contributed by atoms with Crippen molar-refractivity contribution in [1.29, 1.82) is 0 Å². The lowest BCUT2D eigenvalue weighted by Gasteiger charge is -2.11. The van der Waals surface area contributed by atoms with Crippen LogP contribution in [0.3, 0.4) is 0 Å². The Hall–Kier alpha value is -0.280. The van der Waals surface area contributed by atoms with Crippen LogP contribution in [0.5, 0.6) is 0 Å². The Labute approximate surface area is 106 Å². The van der Waals surface area contributed by atoms with Crippen molar-refractivity contribution in [2.75, 3.05) is 13.2 Å². The van der Waals surface area contributed by atoms with Crippen LogP contribution in [0.25, 0.3) is 0 Å². The van der Waals surface area contributed by atoms with Crippen molar-refractivity contribution in [1.82, 2.24) is 5.32 Å². The summed E-state index contributed by atoms with van der Waals surface area (Å²) in [5.41, 5.74) is 0.990. The zero-order valence-corrected chi connectivity index (χ0v) is 10.5. The van der Waals surface area contributed by atoms with Crippen LogP contribution in [-0.4, -0.2) is 19.2 Å². The molecule has 0 aliphatic carbocycles. The van der Waals surface area contributed by atoms with Crippen LogP contribution in [0.4, 0.5) is 0 Å². The van der Waals surface area contributed by atoms with Crippen LogP contribution in [-0.2, 0) is 11.3 Å². The molecule has 1 atom stereocenters. The molecule has 4 heteroatoms. The normalized spacial score (nSPS) is 20.2. The first kappa shape index (κ1) is 12.2. The van der Waals surface area contributed by atoms with Gasteiger partial charge in [-0.25, -0.2) is 0 Å². The number of hydrogen-bond donors (Lipinski definition) is 1. The first-order valence-corrected chi connectivity index (χ1v) is 6.26. The highest BCUT2D eigenvalue weighted by Crippen LogP contribution is 2.21. The summed E-state index contributed by atoms with van der Waals surface area (Å²) in [6.07, 6.45) is 2.45. The average Bonchev–Trinajstić information content (AvgIpc) is 2.74. The second-order valence-corrected chi connectivity index (χ2v) is 4.89. The van der Waals surface area contributed by atoms with Gasteiger partial charge in [0.15, 0.2) is 0 Å². The highest BCUT2D eigenvalue weighted by atomic mass is 35.5. The molecule has 1 N–H and O–H groups in total. The lowest BCUT2D eigenvalue weighted by molar-refractivity contribution is 0.103. The summed E-state index contributed by atoms with van der Waals surface area (Å²) in [5, 5.41) is 4.72. The third-order valence-corrected chi connectivity index (χ3v) is 3.34. The van der Waals surface area contributed by atoms with Crippen LogP contribution in [0.2, 0.25) is 10.0 Å². The van der Waals surface area contributed by atoms with E-state index in [1.165, 1.54) is 12.8 Å². The van der Waals surface area contributed by atoms with Gasteiger partial charge in [-0.3, -0.25) is 0 Å². The third kappa shape index (κ3) is 3.36. The molecule has 1 aliphatic heterocycles. The van der Waals surface area contributed by atoms with Crippen molar-refractivity contribution in [2.24, 2.45) is 0 Å². The first-order valence-electron chi connectivity index (χ1n) is 5.51. The largest absolute Gasteiger partial charge is 0.375 e. The van der Waals surface area contributed by atoms with Gasteiger partial charge in [-0.05, 0) is 37.1 Å². The molecule has 88 valence electrons. The van der Waals surface area contributed by atoms with Crippen LogP contribution in [0, 0.1) is 0 Å². The summed E-state index contributed by atoms with van der Waals surface area (Å²) in [7, 11) is 0. The Morgan fingerprint density at radius 2 is 2.25 bits per heavy atom. The summed E-state index contributed by atoms with van der Waals surface area (Å²) >= 11 is 11.9. The molecule has 2 nitrogen and oxygen atoms in total. The van der Waals surface area contributed by atoms with E-state index in [0.717, 1.165) is 18.7 Å². The van der Waals surface area contributed by atoms with Gasteiger partial charge in [0.2, 0.25) is 0 Å². The second kappa shape index (κ2) is 5.87. The monoisotopic (exact) mass is 259 g/mol. The van der Waals surface area contributed by atoms with Crippen molar-refractivity contribution in [2.45, 2.75) is 25.5 Å². The number of benzene rings is 1. The van der Waals surface area contributed by atoms with E-state index in [1.807, 2.05) is 12.1 Å². The second-order valence-electron chi connectivity index (χ2n) is 4.04. The van der Waals surface area contributed by atoms with Gasteiger partial charge in [0.1, 0.15) is 0 Å². The fourth-order valence-corrected chi connectivity index (χ4v) is 2.31. The summed E-state index contributed by atoms with van der Waals surface area (Å²) in [4.78, 5) is 0. The highest BCUT2D eigenvalue weighted by molar-refractivity contribution is 6.35. The number of ether oxygens (including phenoxy) is 1. The maximum atomic E-state index is 6.04. The lowest BCUT2D eigenvalue weighted by Crippen LogP contribution is -2.26. The van der Waals surface area contributed by atoms with Gasteiger partial charge in [-0.15, -0.1) is 0 Å². The molecule has 1 aromatic carbocycles. The number of nitrogens with one attached hydrogen (secondary N) is 1. The molecule has 0 bridgehead atoms. The van der Waals surface area contributed by atoms with Gasteiger partial charge in [-0.1, -0.05) is 29.3 Å². The van der Waals surface area contributed by atoms with E-state index in [0.29, 0.717) is 22.7 Å². The van der Waals surface area contributed by atoms with E-state index in [9.17, 15) is 0 Å². The molecule has 0 aromatic heterocycles. The summed E-state index contributed by atoms with van der Waals surface area (Å²) < 4.78 is 5.63. The van der Waals surface area contributed by atoms with Crippen molar-refractivity contribution in [3.8, 4) is 0 Å². The standard InChI is InChI=1S/C12H15Cl2NO/c13-10-4-3-9(12(14)6-10)7-16-8-11-2-1-5-15-11/h3-4,6,11,15H,1-2,5,7-8H2/t11-/m1/s1. The van der Waals surface area contributed by atoms with Gasteiger partial charge < -0.3 is 10.1 Å². The minimum atomic E-state index is 0.506. The zero-order chi connectivity index (χ0) is 11.4. The van der Waals surface area contributed by atoms with E-state index in [-0.39, 0.29) is 0 Å². The Kier molecular flexibility index (Phi) is 4.47.